The molecule has 9 nitrogen and oxygen atoms in total. The second-order valence-electron chi connectivity index (χ2n) is 8.08. The predicted molar refractivity (Wildman–Crippen MR) is 128 cm³/mol. The number of nitrogens with zero attached hydrogens (tertiary/aromatic N) is 5. The number of amides is 2. The standard InChI is InChI=1S/C25H29N5O4/c1-3-12-30(25(32)22-5-4-17-34-22)18-24(31)29-15-13-28(14-16-29)23-11-10-21(26-27-23)19-6-8-20(33-2)9-7-19/h4-11,17H,3,12-16,18H2,1-2H3. The molecule has 4 rings (SSSR count). The largest absolute Gasteiger partial charge is 0.497 e. The average Bonchev–Trinajstić information content (AvgIpc) is 3.43. The predicted octanol–water partition coefficient (Wildman–Crippen LogP) is 2.95. The summed E-state index contributed by atoms with van der Waals surface area (Å²) in [4.78, 5) is 31.0. The summed E-state index contributed by atoms with van der Waals surface area (Å²) < 4.78 is 10.4. The van der Waals surface area contributed by atoms with E-state index in [-0.39, 0.29) is 24.1 Å². The zero-order valence-corrected chi connectivity index (χ0v) is 19.5. The average molecular weight is 464 g/mol. The Morgan fingerprint density at radius 3 is 2.38 bits per heavy atom. The number of hydrogen-bond donors (Lipinski definition) is 0. The van der Waals surface area contributed by atoms with Crippen LogP contribution in [0.25, 0.3) is 11.3 Å². The van der Waals surface area contributed by atoms with Crippen molar-refractivity contribution in [3.8, 4) is 17.0 Å². The van der Waals surface area contributed by atoms with Gasteiger partial charge in [-0.05, 0) is 55.0 Å². The maximum Gasteiger partial charge on any atom is 0.290 e. The fraction of sp³-hybridized carbons (Fsp3) is 0.360. The van der Waals surface area contributed by atoms with Gasteiger partial charge in [-0.2, -0.15) is 0 Å². The van der Waals surface area contributed by atoms with Crippen molar-refractivity contribution in [3.63, 3.8) is 0 Å². The Balaban J connectivity index is 1.32. The minimum Gasteiger partial charge on any atom is -0.497 e. The highest BCUT2D eigenvalue weighted by Crippen LogP contribution is 2.22. The molecule has 3 heterocycles. The molecule has 0 radical (unpaired) electrons. The van der Waals surface area contributed by atoms with Crippen LogP contribution < -0.4 is 9.64 Å². The number of aromatic nitrogens is 2. The van der Waals surface area contributed by atoms with E-state index in [0.717, 1.165) is 29.2 Å². The van der Waals surface area contributed by atoms with E-state index in [9.17, 15) is 9.59 Å². The molecule has 2 amide bonds. The maximum atomic E-state index is 12.9. The number of rotatable bonds is 8. The molecule has 1 aliphatic heterocycles. The third kappa shape index (κ3) is 5.36. The Labute approximate surface area is 198 Å². The summed E-state index contributed by atoms with van der Waals surface area (Å²) in [5.41, 5.74) is 1.76. The molecule has 1 saturated heterocycles. The van der Waals surface area contributed by atoms with Gasteiger partial charge in [0, 0.05) is 38.3 Å². The van der Waals surface area contributed by atoms with E-state index in [1.807, 2.05) is 43.3 Å². The van der Waals surface area contributed by atoms with Crippen molar-refractivity contribution in [1.82, 2.24) is 20.0 Å². The first-order valence-electron chi connectivity index (χ1n) is 11.4. The number of methoxy groups -OCH3 is 1. The summed E-state index contributed by atoms with van der Waals surface area (Å²) in [6.45, 7) is 4.97. The molecule has 0 N–H and O–H groups in total. The first-order chi connectivity index (χ1) is 16.6. The van der Waals surface area contributed by atoms with Crippen LogP contribution in [-0.2, 0) is 4.79 Å². The van der Waals surface area contributed by atoms with Gasteiger partial charge in [-0.1, -0.05) is 6.92 Å². The van der Waals surface area contributed by atoms with Crippen LogP contribution in [0.2, 0.25) is 0 Å². The topological polar surface area (TPSA) is 92.0 Å². The number of furan rings is 1. The number of benzene rings is 1. The van der Waals surface area contributed by atoms with Crippen molar-refractivity contribution in [2.75, 3.05) is 51.3 Å². The number of carbonyl (C=O) groups excluding carboxylic acids is 2. The minimum atomic E-state index is -0.258. The molecule has 0 unspecified atom stereocenters. The smallest absolute Gasteiger partial charge is 0.290 e. The number of piperazine rings is 1. The number of carbonyl (C=O) groups is 2. The van der Waals surface area contributed by atoms with Gasteiger partial charge in [0.15, 0.2) is 11.6 Å². The third-order valence-corrected chi connectivity index (χ3v) is 5.83. The Morgan fingerprint density at radius 2 is 1.79 bits per heavy atom. The summed E-state index contributed by atoms with van der Waals surface area (Å²) >= 11 is 0. The molecule has 0 saturated carbocycles. The fourth-order valence-corrected chi connectivity index (χ4v) is 3.94. The Kier molecular flexibility index (Phi) is 7.41. The van der Waals surface area contributed by atoms with Gasteiger partial charge in [0.1, 0.15) is 12.3 Å². The molecule has 1 aromatic carbocycles. The first kappa shape index (κ1) is 23.3. The third-order valence-electron chi connectivity index (χ3n) is 5.83. The monoisotopic (exact) mass is 463 g/mol. The van der Waals surface area contributed by atoms with Gasteiger partial charge in [-0.15, -0.1) is 10.2 Å². The van der Waals surface area contributed by atoms with Crippen LogP contribution in [0.4, 0.5) is 5.82 Å². The van der Waals surface area contributed by atoms with E-state index in [2.05, 4.69) is 15.1 Å². The lowest BCUT2D eigenvalue weighted by atomic mass is 10.1. The molecule has 2 aromatic heterocycles. The van der Waals surface area contributed by atoms with Gasteiger partial charge in [-0.25, -0.2) is 0 Å². The van der Waals surface area contributed by atoms with E-state index in [1.165, 1.54) is 6.26 Å². The van der Waals surface area contributed by atoms with Crippen molar-refractivity contribution in [1.29, 1.82) is 0 Å². The molecule has 0 atom stereocenters. The molecule has 9 heteroatoms. The van der Waals surface area contributed by atoms with E-state index >= 15 is 0 Å². The Bertz CT molecular complexity index is 1080. The normalized spacial score (nSPS) is 13.6. The molecule has 0 spiro atoms. The summed E-state index contributed by atoms with van der Waals surface area (Å²) in [5.74, 6) is 1.51. The Morgan fingerprint density at radius 1 is 1.03 bits per heavy atom. The molecule has 178 valence electrons. The summed E-state index contributed by atoms with van der Waals surface area (Å²) in [6, 6.07) is 14.9. The lowest BCUT2D eigenvalue weighted by Crippen LogP contribution is -2.52. The summed E-state index contributed by atoms with van der Waals surface area (Å²) in [7, 11) is 1.64. The molecule has 34 heavy (non-hydrogen) atoms. The van der Waals surface area contributed by atoms with Crippen LogP contribution in [-0.4, -0.2) is 78.2 Å². The lowest BCUT2D eigenvalue weighted by molar-refractivity contribution is -0.132. The van der Waals surface area contributed by atoms with Crippen LogP contribution in [0.5, 0.6) is 5.75 Å². The first-order valence-corrected chi connectivity index (χ1v) is 11.4. The van der Waals surface area contributed by atoms with E-state index in [1.54, 1.807) is 29.0 Å². The zero-order valence-electron chi connectivity index (χ0n) is 19.5. The lowest BCUT2D eigenvalue weighted by Gasteiger charge is -2.36. The highest BCUT2D eigenvalue weighted by atomic mass is 16.5. The quantitative estimate of drug-likeness (QED) is 0.507. The molecule has 0 bridgehead atoms. The number of ether oxygens (including phenoxy) is 1. The highest BCUT2D eigenvalue weighted by Gasteiger charge is 2.26. The highest BCUT2D eigenvalue weighted by molar-refractivity contribution is 5.94. The molecule has 0 aliphatic carbocycles. The SMILES string of the molecule is CCCN(CC(=O)N1CCN(c2ccc(-c3ccc(OC)cc3)nn2)CC1)C(=O)c1ccco1. The maximum absolute atomic E-state index is 12.9. The van der Waals surface area contributed by atoms with Crippen molar-refractivity contribution in [2.45, 2.75) is 13.3 Å². The molecular weight excluding hydrogens is 434 g/mol. The zero-order chi connectivity index (χ0) is 23.9. The van der Waals surface area contributed by atoms with Crippen molar-refractivity contribution >= 4 is 17.6 Å². The molecule has 3 aromatic rings. The van der Waals surface area contributed by atoms with Crippen LogP contribution in [0.15, 0.2) is 59.2 Å². The van der Waals surface area contributed by atoms with Crippen LogP contribution >= 0.6 is 0 Å². The summed E-state index contributed by atoms with van der Waals surface area (Å²) in [6.07, 6.45) is 2.23. The van der Waals surface area contributed by atoms with Gasteiger partial charge >= 0.3 is 0 Å². The van der Waals surface area contributed by atoms with Gasteiger partial charge in [0.05, 0.1) is 19.1 Å². The van der Waals surface area contributed by atoms with E-state index in [0.29, 0.717) is 32.7 Å². The van der Waals surface area contributed by atoms with Gasteiger partial charge in [0.2, 0.25) is 5.91 Å². The number of anilines is 1. The van der Waals surface area contributed by atoms with Gasteiger partial charge in [0.25, 0.3) is 5.91 Å². The Hall–Kier alpha value is -3.88. The second kappa shape index (κ2) is 10.8. The van der Waals surface area contributed by atoms with Gasteiger partial charge < -0.3 is 23.9 Å². The second-order valence-corrected chi connectivity index (χ2v) is 8.08. The van der Waals surface area contributed by atoms with Crippen LogP contribution in [0.1, 0.15) is 23.9 Å². The van der Waals surface area contributed by atoms with Gasteiger partial charge in [-0.3, -0.25) is 9.59 Å². The minimum absolute atomic E-state index is 0.0454. The number of hydrogen-bond acceptors (Lipinski definition) is 7. The fourth-order valence-electron chi connectivity index (χ4n) is 3.94. The van der Waals surface area contributed by atoms with E-state index < -0.39 is 0 Å². The van der Waals surface area contributed by atoms with Crippen LogP contribution in [0, 0.1) is 0 Å². The van der Waals surface area contributed by atoms with Crippen molar-refractivity contribution in [3.05, 3.63) is 60.6 Å². The van der Waals surface area contributed by atoms with Crippen molar-refractivity contribution < 1.29 is 18.7 Å². The molecule has 1 aliphatic rings. The van der Waals surface area contributed by atoms with E-state index in [4.69, 9.17) is 9.15 Å². The van der Waals surface area contributed by atoms with Crippen LogP contribution in [0.3, 0.4) is 0 Å². The summed E-state index contributed by atoms with van der Waals surface area (Å²) in [5, 5.41) is 8.76. The van der Waals surface area contributed by atoms with Crippen molar-refractivity contribution in [2.24, 2.45) is 0 Å². The molecular formula is C25H29N5O4. The molecule has 1 fully saturated rings.